The molecule has 3 atom stereocenters. The molecule has 0 aliphatic heterocycles. The molecular formula is C13H16N4O3. The van der Waals surface area contributed by atoms with E-state index in [1.165, 1.54) is 6.33 Å². The number of aliphatic hydroxyl groups excluding tert-OH is 2. The third kappa shape index (κ3) is 1.78. The first-order chi connectivity index (χ1) is 9.52. The Bertz CT molecular complexity index is 733. The molecule has 0 spiro atoms. The number of imidazole rings is 1. The highest BCUT2D eigenvalue weighted by Crippen LogP contribution is 2.39. The molecule has 3 rings (SSSR count). The summed E-state index contributed by atoms with van der Waals surface area (Å²) >= 11 is 0. The fourth-order valence-electron chi connectivity index (χ4n) is 2.83. The second-order valence-corrected chi connectivity index (χ2v) is 5.16. The Labute approximate surface area is 114 Å². The van der Waals surface area contributed by atoms with E-state index in [0.717, 1.165) is 5.57 Å². The Morgan fingerprint density at radius 2 is 2.35 bits per heavy atom. The van der Waals surface area contributed by atoms with Crippen molar-refractivity contribution >= 4 is 11.2 Å². The molecule has 1 aliphatic rings. The predicted octanol–water partition coefficient (Wildman–Crippen LogP) is -0.102. The van der Waals surface area contributed by atoms with Gasteiger partial charge >= 0.3 is 0 Å². The van der Waals surface area contributed by atoms with Crippen LogP contribution in [-0.4, -0.2) is 42.4 Å². The summed E-state index contributed by atoms with van der Waals surface area (Å²) in [5.74, 6) is 0.160. The lowest BCUT2D eigenvalue weighted by Gasteiger charge is -2.15. The first-order valence-electron chi connectivity index (χ1n) is 6.44. The number of H-pyrrole nitrogens is 1. The SMILES string of the molecule is C=C1C(CO)C(O)CC1n1cnc2c(=O)[nH]c(C)nc21. The molecule has 0 amide bonds. The quantitative estimate of drug-likeness (QED) is 0.664. The van der Waals surface area contributed by atoms with Crippen molar-refractivity contribution in [1.82, 2.24) is 19.5 Å². The summed E-state index contributed by atoms with van der Waals surface area (Å²) in [5.41, 5.74) is 1.20. The van der Waals surface area contributed by atoms with Crippen LogP contribution in [0.4, 0.5) is 0 Å². The summed E-state index contributed by atoms with van der Waals surface area (Å²) < 4.78 is 1.75. The second kappa shape index (κ2) is 4.53. The van der Waals surface area contributed by atoms with E-state index >= 15 is 0 Å². The summed E-state index contributed by atoms with van der Waals surface area (Å²) in [6, 6.07) is -0.208. The molecule has 3 N–H and O–H groups in total. The smallest absolute Gasteiger partial charge is 0.279 e. The molecule has 106 valence electrons. The molecule has 2 aromatic rings. The van der Waals surface area contributed by atoms with Gasteiger partial charge in [-0.05, 0) is 18.9 Å². The van der Waals surface area contributed by atoms with Crippen molar-refractivity contribution in [1.29, 1.82) is 0 Å². The molecule has 0 aromatic carbocycles. The minimum atomic E-state index is -0.641. The highest BCUT2D eigenvalue weighted by atomic mass is 16.3. The maximum absolute atomic E-state index is 11.8. The topological polar surface area (TPSA) is 104 Å². The molecule has 2 aromatic heterocycles. The minimum Gasteiger partial charge on any atom is -0.396 e. The summed E-state index contributed by atoms with van der Waals surface area (Å²) in [6.45, 7) is 5.52. The van der Waals surface area contributed by atoms with Crippen LogP contribution in [0.5, 0.6) is 0 Å². The number of aromatic amines is 1. The van der Waals surface area contributed by atoms with Gasteiger partial charge in [-0.25, -0.2) is 9.97 Å². The summed E-state index contributed by atoms with van der Waals surface area (Å²) in [7, 11) is 0. The van der Waals surface area contributed by atoms with Crippen LogP contribution in [0.15, 0.2) is 23.3 Å². The highest BCUT2D eigenvalue weighted by molar-refractivity contribution is 5.69. The van der Waals surface area contributed by atoms with Crippen LogP contribution in [0.25, 0.3) is 11.2 Å². The molecule has 7 nitrogen and oxygen atoms in total. The van der Waals surface area contributed by atoms with E-state index in [0.29, 0.717) is 17.9 Å². The van der Waals surface area contributed by atoms with Crippen LogP contribution in [0.1, 0.15) is 18.3 Å². The third-order valence-electron chi connectivity index (χ3n) is 3.92. The van der Waals surface area contributed by atoms with E-state index in [9.17, 15) is 15.0 Å². The number of aryl methyl sites for hydroxylation is 1. The highest BCUT2D eigenvalue weighted by Gasteiger charge is 2.37. The van der Waals surface area contributed by atoms with E-state index in [1.54, 1.807) is 11.5 Å². The number of aromatic nitrogens is 4. The van der Waals surface area contributed by atoms with Gasteiger partial charge in [-0.3, -0.25) is 4.79 Å². The van der Waals surface area contributed by atoms with E-state index in [-0.39, 0.29) is 29.6 Å². The van der Waals surface area contributed by atoms with Gasteiger partial charge in [-0.1, -0.05) is 6.58 Å². The summed E-state index contributed by atoms with van der Waals surface area (Å²) in [5, 5.41) is 19.3. The fraction of sp³-hybridized carbons (Fsp3) is 0.462. The van der Waals surface area contributed by atoms with E-state index in [4.69, 9.17) is 0 Å². The zero-order chi connectivity index (χ0) is 14.4. The molecule has 20 heavy (non-hydrogen) atoms. The Hall–Kier alpha value is -1.99. The van der Waals surface area contributed by atoms with Crippen molar-refractivity contribution < 1.29 is 10.2 Å². The predicted molar refractivity (Wildman–Crippen MR) is 72.3 cm³/mol. The number of hydrogen-bond donors (Lipinski definition) is 3. The molecule has 1 aliphatic carbocycles. The summed E-state index contributed by atoms with van der Waals surface area (Å²) in [4.78, 5) is 22.8. The van der Waals surface area contributed by atoms with Gasteiger partial charge in [0.1, 0.15) is 5.82 Å². The van der Waals surface area contributed by atoms with Gasteiger partial charge in [0.25, 0.3) is 5.56 Å². The van der Waals surface area contributed by atoms with Gasteiger partial charge in [0.05, 0.1) is 25.1 Å². The van der Waals surface area contributed by atoms with Crippen LogP contribution >= 0.6 is 0 Å². The monoisotopic (exact) mass is 276 g/mol. The van der Waals surface area contributed by atoms with Gasteiger partial charge in [-0.15, -0.1) is 0 Å². The molecule has 7 heteroatoms. The molecule has 0 bridgehead atoms. The first kappa shape index (κ1) is 13.0. The molecular weight excluding hydrogens is 260 g/mol. The zero-order valence-corrected chi connectivity index (χ0v) is 11.1. The van der Waals surface area contributed by atoms with Gasteiger partial charge in [0.15, 0.2) is 11.2 Å². The Balaban J connectivity index is 2.12. The Kier molecular flexibility index (Phi) is 2.95. The molecule has 0 saturated heterocycles. The van der Waals surface area contributed by atoms with E-state index in [2.05, 4.69) is 21.5 Å². The summed E-state index contributed by atoms with van der Waals surface area (Å²) in [6.07, 6.45) is 1.33. The molecule has 2 heterocycles. The largest absolute Gasteiger partial charge is 0.396 e. The maximum Gasteiger partial charge on any atom is 0.279 e. The van der Waals surface area contributed by atoms with Crippen molar-refractivity contribution in [3.05, 3.63) is 34.7 Å². The number of hydrogen-bond acceptors (Lipinski definition) is 5. The van der Waals surface area contributed by atoms with E-state index < -0.39 is 6.10 Å². The number of aliphatic hydroxyl groups is 2. The third-order valence-corrected chi connectivity index (χ3v) is 3.92. The van der Waals surface area contributed by atoms with Crippen molar-refractivity contribution in [3.63, 3.8) is 0 Å². The number of rotatable bonds is 2. The number of nitrogens with zero attached hydrogens (tertiary/aromatic N) is 3. The van der Waals surface area contributed by atoms with E-state index in [1.807, 2.05) is 0 Å². The first-order valence-corrected chi connectivity index (χ1v) is 6.44. The van der Waals surface area contributed by atoms with Crippen LogP contribution in [-0.2, 0) is 0 Å². The van der Waals surface area contributed by atoms with Gasteiger partial charge in [0.2, 0.25) is 0 Å². The zero-order valence-electron chi connectivity index (χ0n) is 11.1. The van der Waals surface area contributed by atoms with Crippen LogP contribution in [0, 0.1) is 12.8 Å². The molecule has 0 radical (unpaired) electrons. The lowest BCUT2D eigenvalue weighted by molar-refractivity contribution is 0.101. The fourth-order valence-corrected chi connectivity index (χ4v) is 2.83. The Morgan fingerprint density at radius 3 is 3.00 bits per heavy atom. The standard InChI is InChI=1S/C13H16N4O3/c1-6-8(4-18)10(19)3-9(6)17-5-14-11-12(17)15-7(2)16-13(11)20/h5,8-10,18-19H,1,3-4H2,2H3,(H,15,16,20). The lowest BCUT2D eigenvalue weighted by Crippen LogP contribution is -2.17. The number of fused-ring (bicyclic) bond motifs is 1. The van der Waals surface area contributed by atoms with Crippen molar-refractivity contribution in [2.75, 3.05) is 6.61 Å². The van der Waals surface area contributed by atoms with Gasteiger partial charge in [-0.2, -0.15) is 0 Å². The average Bonchev–Trinajstić information content (AvgIpc) is 2.91. The average molecular weight is 276 g/mol. The van der Waals surface area contributed by atoms with Crippen molar-refractivity contribution in [2.24, 2.45) is 5.92 Å². The molecule has 1 saturated carbocycles. The van der Waals surface area contributed by atoms with Crippen LogP contribution in [0.2, 0.25) is 0 Å². The van der Waals surface area contributed by atoms with Gasteiger partial charge in [0, 0.05) is 5.92 Å². The van der Waals surface area contributed by atoms with Crippen LogP contribution < -0.4 is 5.56 Å². The maximum atomic E-state index is 11.8. The van der Waals surface area contributed by atoms with Crippen molar-refractivity contribution in [3.8, 4) is 0 Å². The Morgan fingerprint density at radius 1 is 1.60 bits per heavy atom. The van der Waals surface area contributed by atoms with Crippen molar-refractivity contribution in [2.45, 2.75) is 25.5 Å². The number of nitrogens with one attached hydrogen (secondary N) is 1. The molecule has 1 fully saturated rings. The molecule has 3 unspecified atom stereocenters. The minimum absolute atomic E-state index is 0.143. The van der Waals surface area contributed by atoms with Gasteiger partial charge < -0.3 is 19.8 Å². The second-order valence-electron chi connectivity index (χ2n) is 5.16. The lowest BCUT2D eigenvalue weighted by atomic mass is 10.0. The normalized spacial score (nSPS) is 26.6. The van der Waals surface area contributed by atoms with Crippen LogP contribution in [0.3, 0.4) is 0 Å².